The van der Waals surface area contributed by atoms with E-state index in [4.69, 9.17) is 0 Å². The maximum Gasteiger partial charge on any atom is 0.251 e. The summed E-state index contributed by atoms with van der Waals surface area (Å²) < 4.78 is 0. The molecule has 2 rings (SSSR count). The van der Waals surface area contributed by atoms with Crippen LogP contribution in [0.3, 0.4) is 0 Å². The Balaban J connectivity index is 1.99. The first kappa shape index (κ1) is 15.4. The Labute approximate surface area is 129 Å². The topological polar surface area (TPSA) is 71.1 Å². The molecular formula is C17H17N3O2. The van der Waals surface area contributed by atoms with Crippen LogP contribution in [-0.2, 0) is 4.79 Å². The Morgan fingerprint density at radius 3 is 2.45 bits per heavy atom. The third-order valence-corrected chi connectivity index (χ3v) is 2.97. The molecular weight excluding hydrogens is 278 g/mol. The summed E-state index contributed by atoms with van der Waals surface area (Å²) in [6.45, 7) is 1.86. The highest BCUT2D eigenvalue weighted by Crippen LogP contribution is 2.07. The highest BCUT2D eigenvalue weighted by atomic mass is 16.2. The van der Waals surface area contributed by atoms with Gasteiger partial charge in [-0.25, -0.2) is 4.98 Å². The zero-order chi connectivity index (χ0) is 15.9. The van der Waals surface area contributed by atoms with Crippen molar-refractivity contribution in [2.75, 3.05) is 12.4 Å². The fraction of sp³-hybridized carbons (Fsp3) is 0.118. The first-order chi connectivity index (χ1) is 10.6. The van der Waals surface area contributed by atoms with E-state index in [1.807, 2.05) is 19.1 Å². The second kappa shape index (κ2) is 7.17. The smallest absolute Gasteiger partial charge is 0.251 e. The number of hydrogen-bond acceptors (Lipinski definition) is 3. The van der Waals surface area contributed by atoms with Crippen molar-refractivity contribution >= 4 is 23.7 Å². The summed E-state index contributed by atoms with van der Waals surface area (Å²) in [6, 6.07) is 12.4. The molecule has 0 atom stereocenters. The second-order valence-corrected chi connectivity index (χ2v) is 4.69. The number of hydrogen-bond donors (Lipinski definition) is 2. The first-order valence-electron chi connectivity index (χ1n) is 6.83. The molecule has 2 aromatic rings. The molecule has 1 heterocycles. The lowest BCUT2D eigenvalue weighted by Gasteiger charge is -2.02. The number of aromatic nitrogens is 1. The van der Waals surface area contributed by atoms with E-state index >= 15 is 0 Å². The molecule has 5 heteroatoms. The van der Waals surface area contributed by atoms with Crippen molar-refractivity contribution in [2.24, 2.45) is 0 Å². The summed E-state index contributed by atoms with van der Waals surface area (Å²) in [4.78, 5) is 27.4. The van der Waals surface area contributed by atoms with Gasteiger partial charge in [-0.1, -0.05) is 18.2 Å². The van der Waals surface area contributed by atoms with Gasteiger partial charge in [0, 0.05) is 24.4 Å². The number of carbonyl (C=O) groups is 2. The molecule has 0 fully saturated rings. The maximum absolute atomic E-state index is 11.8. The van der Waals surface area contributed by atoms with Gasteiger partial charge in [-0.2, -0.15) is 0 Å². The highest BCUT2D eigenvalue weighted by molar-refractivity contribution is 6.01. The molecule has 0 aliphatic rings. The fourth-order valence-electron chi connectivity index (χ4n) is 1.84. The van der Waals surface area contributed by atoms with Crippen LogP contribution in [0.5, 0.6) is 0 Å². The number of amides is 2. The number of nitrogens with zero attached hydrogens (tertiary/aromatic N) is 1. The molecule has 5 nitrogen and oxygen atoms in total. The normalized spacial score (nSPS) is 10.5. The van der Waals surface area contributed by atoms with Gasteiger partial charge >= 0.3 is 0 Å². The number of benzene rings is 1. The number of nitrogens with one attached hydrogen (secondary N) is 2. The summed E-state index contributed by atoms with van der Waals surface area (Å²) in [5, 5.41) is 5.25. The van der Waals surface area contributed by atoms with E-state index in [2.05, 4.69) is 15.6 Å². The molecule has 1 aromatic carbocycles. The number of anilines is 1. The number of rotatable bonds is 4. The molecule has 1 aromatic heterocycles. The van der Waals surface area contributed by atoms with E-state index in [-0.39, 0.29) is 11.8 Å². The molecule has 0 radical (unpaired) electrons. The zero-order valence-electron chi connectivity index (χ0n) is 12.5. The predicted molar refractivity (Wildman–Crippen MR) is 86.5 cm³/mol. The van der Waals surface area contributed by atoms with Crippen molar-refractivity contribution in [1.82, 2.24) is 10.3 Å². The van der Waals surface area contributed by atoms with Crippen LogP contribution in [0.1, 0.15) is 21.6 Å². The molecule has 0 aliphatic heterocycles. The molecule has 0 spiro atoms. The molecule has 0 unspecified atom stereocenters. The van der Waals surface area contributed by atoms with E-state index in [1.54, 1.807) is 43.5 Å². The van der Waals surface area contributed by atoms with Crippen molar-refractivity contribution in [3.05, 3.63) is 65.4 Å². The molecule has 0 saturated carbocycles. The van der Waals surface area contributed by atoms with Gasteiger partial charge in [-0.05, 0) is 42.8 Å². The van der Waals surface area contributed by atoms with Gasteiger partial charge in [-0.3, -0.25) is 9.59 Å². The van der Waals surface area contributed by atoms with Gasteiger partial charge < -0.3 is 10.6 Å². The Morgan fingerprint density at radius 2 is 1.82 bits per heavy atom. The Bertz CT molecular complexity index is 706. The van der Waals surface area contributed by atoms with Crippen molar-refractivity contribution in [3.63, 3.8) is 0 Å². The monoisotopic (exact) mass is 295 g/mol. The predicted octanol–water partition coefficient (Wildman–Crippen LogP) is 2.40. The Kier molecular flexibility index (Phi) is 5.03. The Hall–Kier alpha value is -2.95. The van der Waals surface area contributed by atoms with Crippen LogP contribution in [0.2, 0.25) is 0 Å². The molecule has 0 bridgehead atoms. The zero-order valence-corrected chi connectivity index (χ0v) is 12.5. The molecule has 112 valence electrons. The van der Waals surface area contributed by atoms with Gasteiger partial charge in [0.25, 0.3) is 5.91 Å². The fourth-order valence-corrected chi connectivity index (χ4v) is 1.84. The molecule has 22 heavy (non-hydrogen) atoms. The van der Waals surface area contributed by atoms with Crippen molar-refractivity contribution in [1.29, 1.82) is 0 Å². The molecule has 0 saturated heterocycles. The van der Waals surface area contributed by atoms with Gasteiger partial charge in [0.05, 0.1) is 0 Å². The van der Waals surface area contributed by atoms with Crippen LogP contribution in [0, 0.1) is 6.92 Å². The van der Waals surface area contributed by atoms with E-state index in [9.17, 15) is 9.59 Å². The third-order valence-electron chi connectivity index (χ3n) is 2.97. The van der Waals surface area contributed by atoms with Crippen molar-refractivity contribution in [2.45, 2.75) is 6.92 Å². The van der Waals surface area contributed by atoms with Gasteiger partial charge in [0.1, 0.15) is 5.82 Å². The van der Waals surface area contributed by atoms with E-state index in [0.29, 0.717) is 11.4 Å². The summed E-state index contributed by atoms with van der Waals surface area (Å²) >= 11 is 0. The maximum atomic E-state index is 11.8. The minimum atomic E-state index is -0.256. The number of pyridine rings is 1. The summed E-state index contributed by atoms with van der Waals surface area (Å²) in [5.74, 6) is 0.122. The van der Waals surface area contributed by atoms with Gasteiger partial charge in [0.2, 0.25) is 5.91 Å². The van der Waals surface area contributed by atoms with Gasteiger partial charge in [-0.15, -0.1) is 0 Å². The van der Waals surface area contributed by atoms with Crippen LogP contribution in [-0.4, -0.2) is 23.8 Å². The average Bonchev–Trinajstić information content (AvgIpc) is 2.52. The van der Waals surface area contributed by atoms with Crippen LogP contribution in [0.25, 0.3) is 6.08 Å². The van der Waals surface area contributed by atoms with E-state index in [1.165, 1.54) is 6.08 Å². The SMILES string of the molecule is CNC(=O)c1ccc(C=CC(=O)Nc2cccc(C)n2)cc1. The average molecular weight is 295 g/mol. The quantitative estimate of drug-likeness (QED) is 0.851. The van der Waals surface area contributed by atoms with Gasteiger partial charge in [0.15, 0.2) is 0 Å². The highest BCUT2D eigenvalue weighted by Gasteiger charge is 2.02. The van der Waals surface area contributed by atoms with Crippen LogP contribution < -0.4 is 10.6 Å². The number of carbonyl (C=O) groups excluding carboxylic acids is 2. The van der Waals surface area contributed by atoms with E-state index in [0.717, 1.165) is 11.3 Å². The molecule has 2 N–H and O–H groups in total. The van der Waals surface area contributed by atoms with Crippen molar-refractivity contribution in [3.8, 4) is 0 Å². The van der Waals surface area contributed by atoms with Crippen LogP contribution >= 0.6 is 0 Å². The molecule has 2 amide bonds. The molecule has 0 aliphatic carbocycles. The lowest BCUT2D eigenvalue weighted by molar-refractivity contribution is -0.111. The number of aryl methyl sites for hydroxylation is 1. The van der Waals surface area contributed by atoms with E-state index < -0.39 is 0 Å². The summed E-state index contributed by atoms with van der Waals surface area (Å²) in [7, 11) is 1.58. The Morgan fingerprint density at radius 1 is 1.09 bits per heavy atom. The second-order valence-electron chi connectivity index (χ2n) is 4.69. The van der Waals surface area contributed by atoms with Crippen molar-refractivity contribution < 1.29 is 9.59 Å². The standard InChI is InChI=1S/C17H17N3O2/c1-12-4-3-5-15(19-12)20-16(21)11-8-13-6-9-14(10-7-13)17(22)18-2/h3-11H,1-2H3,(H,18,22)(H,19,20,21). The summed E-state index contributed by atoms with van der Waals surface area (Å²) in [6.07, 6.45) is 3.11. The minimum absolute atomic E-state index is 0.140. The first-order valence-corrected chi connectivity index (χ1v) is 6.83. The minimum Gasteiger partial charge on any atom is -0.355 e. The third kappa shape index (κ3) is 4.28. The van der Waals surface area contributed by atoms with Crippen LogP contribution in [0.15, 0.2) is 48.5 Å². The lowest BCUT2D eigenvalue weighted by atomic mass is 10.1. The summed E-state index contributed by atoms with van der Waals surface area (Å²) in [5.41, 5.74) is 2.25. The largest absolute Gasteiger partial charge is 0.355 e. The lowest BCUT2D eigenvalue weighted by Crippen LogP contribution is -2.17. The van der Waals surface area contributed by atoms with Crippen LogP contribution in [0.4, 0.5) is 5.82 Å².